The van der Waals surface area contributed by atoms with Crippen molar-refractivity contribution in [2.75, 3.05) is 6.54 Å². The van der Waals surface area contributed by atoms with E-state index in [9.17, 15) is 0 Å². The average Bonchev–Trinajstić information content (AvgIpc) is 2.26. The van der Waals surface area contributed by atoms with Gasteiger partial charge in [0.15, 0.2) is 0 Å². The summed E-state index contributed by atoms with van der Waals surface area (Å²) in [5.41, 5.74) is 2.80. The predicted molar refractivity (Wildman–Crippen MR) is 67.2 cm³/mol. The molecule has 0 aliphatic heterocycles. The lowest BCUT2D eigenvalue weighted by molar-refractivity contribution is 0.570. The molecule has 0 aliphatic rings. The molecule has 0 aromatic heterocycles. The monoisotopic (exact) mass is 205 g/mol. The second-order valence-corrected chi connectivity index (χ2v) is 4.50. The summed E-state index contributed by atoms with van der Waals surface area (Å²) in [4.78, 5) is 0. The van der Waals surface area contributed by atoms with Crippen molar-refractivity contribution in [1.29, 1.82) is 0 Å². The number of hydrogen-bond acceptors (Lipinski definition) is 1. The van der Waals surface area contributed by atoms with Gasteiger partial charge in [0.2, 0.25) is 0 Å². The van der Waals surface area contributed by atoms with E-state index in [2.05, 4.69) is 57.3 Å². The first kappa shape index (κ1) is 12.3. The topological polar surface area (TPSA) is 12.0 Å². The van der Waals surface area contributed by atoms with Crippen molar-refractivity contribution in [3.05, 3.63) is 35.4 Å². The van der Waals surface area contributed by atoms with Gasteiger partial charge in [-0.05, 0) is 36.9 Å². The molecular weight excluding hydrogens is 182 g/mol. The minimum Gasteiger partial charge on any atom is -0.310 e. The summed E-state index contributed by atoms with van der Waals surface area (Å²) in [5, 5.41) is 3.50. The molecule has 0 saturated carbocycles. The van der Waals surface area contributed by atoms with Crippen LogP contribution in [0.3, 0.4) is 0 Å². The fraction of sp³-hybridized carbons (Fsp3) is 0.571. The Balaban J connectivity index is 2.62. The highest BCUT2D eigenvalue weighted by Crippen LogP contribution is 2.18. The Morgan fingerprint density at radius 1 is 1.00 bits per heavy atom. The molecule has 0 aliphatic carbocycles. The SMILES string of the molecule is CCCN[C@@H](C)c1ccc(C(C)C)cc1. The maximum Gasteiger partial charge on any atom is 0.0291 e. The van der Waals surface area contributed by atoms with Crippen molar-refractivity contribution in [2.45, 2.75) is 46.1 Å². The number of benzene rings is 1. The number of nitrogens with one attached hydrogen (secondary N) is 1. The Hall–Kier alpha value is -0.820. The van der Waals surface area contributed by atoms with E-state index in [0.29, 0.717) is 12.0 Å². The first-order valence-corrected chi connectivity index (χ1v) is 5.98. The zero-order valence-electron chi connectivity index (χ0n) is 10.4. The van der Waals surface area contributed by atoms with Gasteiger partial charge in [0.05, 0.1) is 0 Å². The Labute approximate surface area is 93.9 Å². The molecule has 0 heterocycles. The predicted octanol–water partition coefficient (Wildman–Crippen LogP) is 3.87. The summed E-state index contributed by atoms with van der Waals surface area (Å²) in [7, 11) is 0. The van der Waals surface area contributed by atoms with Crippen LogP contribution in [-0.4, -0.2) is 6.54 Å². The lowest BCUT2D eigenvalue weighted by atomic mass is 9.99. The Bertz CT molecular complexity index is 274. The molecule has 0 amide bonds. The summed E-state index contributed by atoms with van der Waals surface area (Å²) < 4.78 is 0. The first-order valence-electron chi connectivity index (χ1n) is 5.98. The third kappa shape index (κ3) is 3.67. The molecule has 0 radical (unpaired) electrons. The fourth-order valence-corrected chi connectivity index (χ4v) is 1.65. The Morgan fingerprint density at radius 3 is 2.00 bits per heavy atom. The van der Waals surface area contributed by atoms with Crippen LogP contribution < -0.4 is 5.32 Å². The van der Waals surface area contributed by atoms with Crippen molar-refractivity contribution < 1.29 is 0 Å². The summed E-state index contributed by atoms with van der Waals surface area (Å²) >= 11 is 0. The van der Waals surface area contributed by atoms with Gasteiger partial charge in [-0.15, -0.1) is 0 Å². The molecule has 0 fully saturated rings. The Morgan fingerprint density at radius 2 is 1.53 bits per heavy atom. The van der Waals surface area contributed by atoms with Crippen molar-refractivity contribution in [1.82, 2.24) is 5.32 Å². The van der Waals surface area contributed by atoms with Gasteiger partial charge < -0.3 is 5.32 Å². The molecule has 1 aromatic rings. The van der Waals surface area contributed by atoms with Gasteiger partial charge in [0, 0.05) is 6.04 Å². The molecule has 1 nitrogen and oxygen atoms in total. The van der Waals surface area contributed by atoms with Crippen molar-refractivity contribution in [3.8, 4) is 0 Å². The zero-order valence-corrected chi connectivity index (χ0v) is 10.4. The van der Waals surface area contributed by atoms with E-state index < -0.39 is 0 Å². The van der Waals surface area contributed by atoms with E-state index in [1.54, 1.807) is 0 Å². The summed E-state index contributed by atoms with van der Waals surface area (Å²) in [6.07, 6.45) is 1.19. The standard InChI is InChI=1S/C14H23N/c1-5-10-15-12(4)14-8-6-13(7-9-14)11(2)3/h6-9,11-12,15H,5,10H2,1-4H3/t12-/m0/s1. The second kappa shape index (κ2) is 5.92. The van der Waals surface area contributed by atoms with Crippen LogP contribution in [-0.2, 0) is 0 Å². The van der Waals surface area contributed by atoms with Crippen LogP contribution in [0.5, 0.6) is 0 Å². The van der Waals surface area contributed by atoms with E-state index in [4.69, 9.17) is 0 Å². The molecule has 1 aromatic carbocycles. The quantitative estimate of drug-likeness (QED) is 0.769. The van der Waals surface area contributed by atoms with E-state index in [1.165, 1.54) is 17.5 Å². The third-order valence-electron chi connectivity index (χ3n) is 2.80. The van der Waals surface area contributed by atoms with Crippen molar-refractivity contribution in [2.24, 2.45) is 0 Å². The second-order valence-electron chi connectivity index (χ2n) is 4.50. The lowest BCUT2D eigenvalue weighted by Gasteiger charge is -2.14. The molecular formula is C14H23N. The molecule has 0 saturated heterocycles. The van der Waals surface area contributed by atoms with Crippen molar-refractivity contribution in [3.63, 3.8) is 0 Å². The lowest BCUT2D eigenvalue weighted by Crippen LogP contribution is -2.19. The third-order valence-corrected chi connectivity index (χ3v) is 2.80. The minimum absolute atomic E-state index is 0.464. The minimum atomic E-state index is 0.464. The molecule has 1 N–H and O–H groups in total. The van der Waals surface area contributed by atoms with Gasteiger partial charge in [-0.2, -0.15) is 0 Å². The number of hydrogen-bond donors (Lipinski definition) is 1. The average molecular weight is 205 g/mol. The molecule has 1 heteroatoms. The first-order chi connectivity index (χ1) is 7.15. The van der Waals surface area contributed by atoms with E-state index in [-0.39, 0.29) is 0 Å². The molecule has 1 rings (SSSR count). The highest BCUT2D eigenvalue weighted by Gasteiger charge is 2.04. The van der Waals surface area contributed by atoms with Crippen LogP contribution >= 0.6 is 0 Å². The fourth-order valence-electron chi connectivity index (χ4n) is 1.65. The van der Waals surface area contributed by atoms with E-state index in [0.717, 1.165) is 6.54 Å². The molecule has 1 atom stereocenters. The molecule has 0 spiro atoms. The van der Waals surface area contributed by atoms with Gasteiger partial charge in [0.25, 0.3) is 0 Å². The van der Waals surface area contributed by atoms with Crippen LogP contribution in [0.2, 0.25) is 0 Å². The highest BCUT2D eigenvalue weighted by atomic mass is 14.9. The number of rotatable bonds is 5. The molecule has 15 heavy (non-hydrogen) atoms. The van der Waals surface area contributed by atoms with Gasteiger partial charge in [-0.3, -0.25) is 0 Å². The molecule has 0 bridgehead atoms. The smallest absolute Gasteiger partial charge is 0.0291 e. The largest absolute Gasteiger partial charge is 0.310 e. The normalized spacial score (nSPS) is 13.1. The summed E-state index contributed by atoms with van der Waals surface area (Å²) in [6.45, 7) is 9.97. The summed E-state index contributed by atoms with van der Waals surface area (Å²) in [6, 6.07) is 9.42. The van der Waals surface area contributed by atoms with Crippen LogP contribution in [0.1, 0.15) is 57.2 Å². The van der Waals surface area contributed by atoms with Gasteiger partial charge in [-0.25, -0.2) is 0 Å². The van der Waals surface area contributed by atoms with Crippen LogP contribution in [0.4, 0.5) is 0 Å². The van der Waals surface area contributed by atoms with E-state index >= 15 is 0 Å². The van der Waals surface area contributed by atoms with E-state index in [1.807, 2.05) is 0 Å². The maximum absolute atomic E-state index is 3.50. The van der Waals surface area contributed by atoms with Crippen molar-refractivity contribution >= 4 is 0 Å². The van der Waals surface area contributed by atoms with Crippen LogP contribution in [0.25, 0.3) is 0 Å². The molecule has 0 unspecified atom stereocenters. The van der Waals surface area contributed by atoms with Crippen LogP contribution in [0.15, 0.2) is 24.3 Å². The highest BCUT2D eigenvalue weighted by molar-refractivity contribution is 5.26. The zero-order chi connectivity index (χ0) is 11.3. The summed E-state index contributed by atoms with van der Waals surface area (Å²) in [5.74, 6) is 0.623. The maximum atomic E-state index is 3.50. The molecule has 84 valence electrons. The van der Waals surface area contributed by atoms with Gasteiger partial charge in [0.1, 0.15) is 0 Å². The van der Waals surface area contributed by atoms with Crippen LogP contribution in [0, 0.1) is 0 Å². The van der Waals surface area contributed by atoms with Gasteiger partial charge in [-0.1, -0.05) is 45.0 Å². The van der Waals surface area contributed by atoms with Gasteiger partial charge >= 0.3 is 0 Å². The Kier molecular flexibility index (Phi) is 4.83.